The van der Waals surface area contributed by atoms with Crippen molar-refractivity contribution >= 4 is 52.5 Å². The molecule has 1 aliphatic rings. The molecule has 0 saturated carbocycles. The number of carbonyl (C=O) groups is 1. The van der Waals surface area contributed by atoms with Gasteiger partial charge in [-0.25, -0.2) is 4.42 Å². The van der Waals surface area contributed by atoms with Crippen LogP contribution in [0.1, 0.15) is 0 Å². The van der Waals surface area contributed by atoms with E-state index in [4.69, 9.17) is 46.6 Å². The summed E-state index contributed by atoms with van der Waals surface area (Å²) >= 11 is 22.1. The predicted octanol–water partition coefficient (Wildman–Crippen LogP) is 2.28. The Bertz CT molecular complexity index is 215. The molecule has 1 heterocycles. The third kappa shape index (κ3) is 1.59. The van der Waals surface area contributed by atoms with E-state index >= 15 is 0 Å². The molecule has 0 saturated heterocycles. The molecule has 0 fully saturated rings. The lowest BCUT2D eigenvalue weighted by molar-refractivity contribution is -0.125. The van der Waals surface area contributed by atoms with Crippen LogP contribution in [0.3, 0.4) is 0 Å². The molecule has 0 aliphatic carbocycles. The van der Waals surface area contributed by atoms with Crippen molar-refractivity contribution in [3.8, 4) is 0 Å². The Morgan fingerprint density at radius 2 is 2.09 bits per heavy atom. The number of allylic oxidation sites excluding steroid dienone is 1. The zero-order chi connectivity index (χ0) is 8.65. The van der Waals surface area contributed by atoms with Crippen molar-refractivity contribution in [2.45, 2.75) is 9.71 Å². The van der Waals surface area contributed by atoms with Crippen molar-refractivity contribution in [3.05, 3.63) is 12.3 Å². The quantitative estimate of drug-likeness (QED) is 0.465. The van der Waals surface area contributed by atoms with Gasteiger partial charge in [0.2, 0.25) is 4.33 Å². The van der Waals surface area contributed by atoms with Gasteiger partial charge in [0.25, 0.3) is 5.91 Å². The first-order chi connectivity index (χ1) is 4.96. The third-order valence-corrected chi connectivity index (χ3v) is 2.97. The summed E-state index contributed by atoms with van der Waals surface area (Å²) in [6.07, 6.45) is 2.75. The molecule has 62 valence electrons. The summed E-state index contributed by atoms with van der Waals surface area (Å²) in [6.45, 7) is 0. The Labute approximate surface area is 83.7 Å². The van der Waals surface area contributed by atoms with Crippen LogP contribution in [0.15, 0.2) is 12.3 Å². The fourth-order valence-electron chi connectivity index (χ4n) is 0.600. The Balaban J connectivity index is 2.97. The molecular formula is C5H3Cl4NO. The monoisotopic (exact) mass is 233 g/mol. The summed E-state index contributed by atoms with van der Waals surface area (Å²) in [6, 6.07) is 0. The van der Waals surface area contributed by atoms with Gasteiger partial charge in [-0.05, 0) is 6.08 Å². The molecule has 1 rings (SSSR count). The fraction of sp³-hybridized carbons (Fsp3) is 0.400. The lowest BCUT2D eigenvalue weighted by Gasteiger charge is -2.27. The minimum atomic E-state index is -1.65. The lowest BCUT2D eigenvalue weighted by Crippen LogP contribution is -2.44. The maximum atomic E-state index is 11.1. The highest BCUT2D eigenvalue weighted by Gasteiger charge is 2.45. The van der Waals surface area contributed by atoms with E-state index < -0.39 is 15.6 Å². The van der Waals surface area contributed by atoms with Crippen molar-refractivity contribution in [1.29, 1.82) is 0 Å². The minimum Gasteiger partial charge on any atom is -0.270 e. The highest BCUT2D eigenvalue weighted by atomic mass is 35.5. The van der Waals surface area contributed by atoms with Crippen LogP contribution in [0.5, 0.6) is 0 Å². The number of amides is 1. The van der Waals surface area contributed by atoms with Gasteiger partial charge in [-0.2, -0.15) is 0 Å². The normalized spacial score (nSPS) is 29.3. The van der Waals surface area contributed by atoms with E-state index in [-0.39, 0.29) is 0 Å². The Morgan fingerprint density at radius 1 is 1.55 bits per heavy atom. The van der Waals surface area contributed by atoms with Crippen LogP contribution < -0.4 is 0 Å². The Morgan fingerprint density at radius 3 is 2.55 bits per heavy atom. The molecular weight excluding hydrogens is 232 g/mol. The van der Waals surface area contributed by atoms with Gasteiger partial charge in [0, 0.05) is 18.0 Å². The lowest BCUT2D eigenvalue weighted by atomic mass is 10.2. The van der Waals surface area contributed by atoms with E-state index in [1.807, 2.05) is 0 Å². The number of hydrogen-bond acceptors (Lipinski definition) is 1. The first-order valence-corrected chi connectivity index (χ1v) is 4.19. The molecule has 0 aromatic rings. The van der Waals surface area contributed by atoms with E-state index in [0.717, 1.165) is 4.42 Å². The van der Waals surface area contributed by atoms with Gasteiger partial charge in [0.15, 0.2) is 0 Å². The third-order valence-electron chi connectivity index (χ3n) is 1.21. The SMILES string of the molecule is O=C1N(Cl)C=CC(Cl)C1(Cl)Cl. The molecule has 1 amide bonds. The Hall–Kier alpha value is 0.370. The maximum Gasteiger partial charge on any atom is 0.279 e. The molecule has 0 aromatic carbocycles. The van der Waals surface area contributed by atoms with Crippen LogP contribution in [-0.4, -0.2) is 20.0 Å². The molecule has 11 heavy (non-hydrogen) atoms. The molecule has 0 radical (unpaired) electrons. The summed E-state index contributed by atoms with van der Waals surface area (Å²) in [7, 11) is 0. The minimum absolute atomic E-state index is 0.634. The van der Waals surface area contributed by atoms with Crippen LogP contribution in [0, 0.1) is 0 Å². The average Bonchev–Trinajstić information content (AvgIpc) is 1.95. The van der Waals surface area contributed by atoms with Gasteiger partial charge in [-0.15, -0.1) is 11.6 Å². The van der Waals surface area contributed by atoms with Crippen molar-refractivity contribution in [2.24, 2.45) is 0 Å². The largest absolute Gasteiger partial charge is 0.279 e. The number of alkyl halides is 3. The van der Waals surface area contributed by atoms with Gasteiger partial charge >= 0.3 is 0 Å². The highest BCUT2D eigenvalue weighted by molar-refractivity contribution is 6.63. The van der Waals surface area contributed by atoms with Crippen molar-refractivity contribution in [1.82, 2.24) is 4.42 Å². The summed E-state index contributed by atoms with van der Waals surface area (Å²) in [5, 5.41) is -0.742. The van der Waals surface area contributed by atoms with Gasteiger partial charge in [-0.3, -0.25) is 4.79 Å². The van der Waals surface area contributed by atoms with Crippen LogP contribution in [-0.2, 0) is 4.79 Å². The van der Waals surface area contributed by atoms with E-state index in [0.29, 0.717) is 0 Å². The number of rotatable bonds is 0. The summed E-state index contributed by atoms with van der Waals surface area (Å²) in [5.41, 5.74) is 0. The summed E-state index contributed by atoms with van der Waals surface area (Å²) in [4.78, 5) is 11.1. The van der Waals surface area contributed by atoms with Crippen LogP contribution >= 0.6 is 46.6 Å². The van der Waals surface area contributed by atoms with E-state index in [2.05, 4.69) is 0 Å². The van der Waals surface area contributed by atoms with Gasteiger partial charge < -0.3 is 0 Å². The van der Waals surface area contributed by atoms with Gasteiger partial charge in [-0.1, -0.05) is 23.2 Å². The fourth-order valence-corrected chi connectivity index (χ4v) is 1.37. The number of carbonyl (C=O) groups excluding carboxylic acids is 1. The average molecular weight is 235 g/mol. The topological polar surface area (TPSA) is 20.3 Å². The zero-order valence-electron chi connectivity index (χ0n) is 5.10. The van der Waals surface area contributed by atoms with Gasteiger partial charge in [0.1, 0.15) is 0 Å². The number of hydrogen-bond donors (Lipinski definition) is 0. The van der Waals surface area contributed by atoms with E-state index in [1.165, 1.54) is 12.3 Å². The van der Waals surface area contributed by atoms with Crippen molar-refractivity contribution in [2.75, 3.05) is 0 Å². The second kappa shape index (κ2) is 3.02. The standard InChI is InChI=1S/C5H3Cl4NO/c6-3-1-2-10(9)4(11)5(3,7)8/h1-3H. The molecule has 2 nitrogen and oxygen atoms in total. The smallest absolute Gasteiger partial charge is 0.270 e. The van der Waals surface area contributed by atoms with Crippen LogP contribution in [0.25, 0.3) is 0 Å². The van der Waals surface area contributed by atoms with Crippen molar-refractivity contribution < 1.29 is 4.79 Å². The molecule has 0 spiro atoms. The highest BCUT2D eigenvalue weighted by Crippen LogP contribution is 2.36. The number of halogens is 4. The zero-order valence-corrected chi connectivity index (χ0v) is 8.12. The molecule has 1 atom stereocenters. The van der Waals surface area contributed by atoms with Crippen LogP contribution in [0.2, 0.25) is 0 Å². The predicted molar refractivity (Wildman–Crippen MR) is 45.9 cm³/mol. The van der Waals surface area contributed by atoms with Crippen LogP contribution in [0.4, 0.5) is 0 Å². The maximum absolute atomic E-state index is 11.1. The summed E-state index contributed by atoms with van der Waals surface area (Å²) < 4.78 is -0.878. The second-order valence-electron chi connectivity index (χ2n) is 1.98. The first kappa shape index (κ1) is 9.46. The molecule has 0 N–H and O–H groups in total. The molecule has 0 bridgehead atoms. The second-order valence-corrected chi connectivity index (χ2v) is 4.20. The molecule has 0 aromatic heterocycles. The molecule has 1 unspecified atom stereocenters. The molecule has 6 heteroatoms. The van der Waals surface area contributed by atoms with E-state index in [1.54, 1.807) is 0 Å². The molecule has 1 aliphatic heterocycles. The summed E-state index contributed by atoms with van der Waals surface area (Å²) in [5.74, 6) is -0.634. The van der Waals surface area contributed by atoms with E-state index in [9.17, 15) is 4.79 Å². The Kier molecular flexibility index (Phi) is 2.59. The first-order valence-electron chi connectivity index (χ1n) is 2.66. The van der Waals surface area contributed by atoms with Crippen molar-refractivity contribution in [3.63, 3.8) is 0 Å². The number of nitrogens with zero attached hydrogens (tertiary/aromatic N) is 1. The van der Waals surface area contributed by atoms with Gasteiger partial charge in [0.05, 0.1) is 5.38 Å².